The van der Waals surface area contributed by atoms with Crippen LogP contribution in [0.4, 0.5) is 10.2 Å². The van der Waals surface area contributed by atoms with E-state index in [1.54, 1.807) is 13.2 Å². The molecule has 1 aliphatic heterocycles. The molecule has 2 N–H and O–H groups in total. The number of guanidine groups is 1. The van der Waals surface area contributed by atoms with Gasteiger partial charge in [0.05, 0.1) is 13.2 Å². The summed E-state index contributed by atoms with van der Waals surface area (Å²) in [7, 11) is 1.57. The molecule has 1 aromatic carbocycles. The molecule has 170 valence electrons. The molecule has 1 saturated heterocycles. The summed E-state index contributed by atoms with van der Waals surface area (Å²) < 4.78 is 18.9. The maximum atomic E-state index is 13.8. The van der Waals surface area contributed by atoms with Crippen molar-refractivity contribution in [3.05, 3.63) is 59.0 Å². The van der Waals surface area contributed by atoms with Crippen molar-refractivity contribution in [3.8, 4) is 0 Å². The van der Waals surface area contributed by atoms with Crippen LogP contribution in [-0.4, -0.2) is 43.7 Å². The van der Waals surface area contributed by atoms with E-state index in [0.717, 1.165) is 55.5 Å². The zero-order valence-electron chi connectivity index (χ0n) is 18.5. The maximum absolute atomic E-state index is 13.8. The Balaban J connectivity index is 0.00000341. The van der Waals surface area contributed by atoms with E-state index in [2.05, 4.69) is 39.6 Å². The second-order valence-corrected chi connectivity index (χ2v) is 7.60. The topological polar surface area (TPSA) is 61.8 Å². The fraction of sp³-hybridized carbons (Fsp3) is 0.478. The predicted molar refractivity (Wildman–Crippen MR) is 135 cm³/mol. The number of aromatic nitrogens is 1. The predicted octanol–water partition coefficient (Wildman–Crippen LogP) is 4.02. The Hall–Kier alpha value is -1.94. The van der Waals surface area contributed by atoms with Gasteiger partial charge in [-0.3, -0.25) is 0 Å². The van der Waals surface area contributed by atoms with E-state index in [4.69, 9.17) is 9.73 Å². The van der Waals surface area contributed by atoms with Gasteiger partial charge in [0.1, 0.15) is 11.6 Å². The molecular formula is C23H33FIN5O. The quantitative estimate of drug-likeness (QED) is 0.315. The van der Waals surface area contributed by atoms with Crippen LogP contribution in [-0.2, 0) is 17.9 Å². The van der Waals surface area contributed by atoms with Crippen LogP contribution >= 0.6 is 24.0 Å². The Morgan fingerprint density at radius 2 is 2.03 bits per heavy atom. The molecule has 2 heterocycles. The van der Waals surface area contributed by atoms with Gasteiger partial charge in [-0.1, -0.05) is 12.1 Å². The molecule has 0 atom stereocenters. The first-order chi connectivity index (χ1) is 14.6. The van der Waals surface area contributed by atoms with E-state index in [-0.39, 0.29) is 36.4 Å². The largest absolute Gasteiger partial charge is 0.380 e. The highest BCUT2D eigenvalue weighted by atomic mass is 127. The second-order valence-electron chi connectivity index (χ2n) is 7.60. The lowest BCUT2D eigenvalue weighted by Crippen LogP contribution is -2.48. The number of halogens is 2. The number of nitrogens with one attached hydrogen (secondary N) is 2. The van der Waals surface area contributed by atoms with Crippen molar-refractivity contribution in [3.63, 3.8) is 0 Å². The van der Waals surface area contributed by atoms with Crippen molar-refractivity contribution in [1.29, 1.82) is 0 Å². The van der Waals surface area contributed by atoms with Crippen LogP contribution in [0.15, 0.2) is 41.4 Å². The van der Waals surface area contributed by atoms with Crippen LogP contribution < -0.4 is 15.5 Å². The van der Waals surface area contributed by atoms with Crippen molar-refractivity contribution in [2.45, 2.75) is 45.9 Å². The first-order valence-electron chi connectivity index (χ1n) is 10.6. The lowest BCUT2D eigenvalue weighted by Gasteiger charge is -2.34. The van der Waals surface area contributed by atoms with Crippen molar-refractivity contribution < 1.29 is 9.13 Å². The van der Waals surface area contributed by atoms with Gasteiger partial charge in [0.15, 0.2) is 5.96 Å². The minimum Gasteiger partial charge on any atom is -0.380 e. The summed E-state index contributed by atoms with van der Waals surface area (Å²) in [5, 5.41) is 6.87. The third kappa shape index (κ3) is 7.60. The van der Waals surface area contributed by atoms with Gasteiger partial charge in [0, 0.05) is 44.0 Å². The summed E-state index contributed by atoms with van der Waals surface area (Å²) in [5.74, 6) is 1.60. The van der Waals surface area contributed by atoms with Crippen molar-refractivity contribution in [2.75, 3.05) is 31.6 Å². The Bertz CT molecular complexity index is 856. The summed E-state index contributed by atoms with van der Waals surface area (Å²) in [6, 6.07) is 11.6. The molecule has 1 aliphatic rings. The zero-order chi connectivity index (χ0) is 21.3. The molecule has 1 fully saturated rings. The average Bonchev–Trinajstić information content (AvgIpc) is 2.75. The number of hydrogen-bond donors (Lipinski definition) is 2. The Labute approximate surface area is 201 Å². The molecule has 0 unspecified atom stereocenters. The fourth-order valence-electron chi connectivity index (χ4n) is 3.63. The summed E-state index contributed by atoms with van der Waals surface area (Å²) >= 11 is 0. The lowest BCUT2D eigenvalue weighted by molar-refractivity contribution is 0.181. The highest BCUT2D eigenvalue weighted by Crippen LogP contribution is 2.18. The molecular weight excluding hydrogens is 508 g/mol. The van der Waals surface area contributed by atoms with Gasteiger partial charge in [-0.25, -0.2) is 14.4 Å². The number of ether oxygens (including phenoxy) is 1. The summed E-state index contributed by atoms with van der Waals surface area (Å²) in [5.41, 5.74) is 2.56. The summed E-state index contributed by atoms with van der Waals surface area (Å²) in [4.78, 5) is 11.7. The van der Waals surface area contributed by atoms with Gasteiger partial charge in [-0.15, -0.1) is 24.0 Å². The molecule has 2 aromatic rings. The maximum Gasteiger partial charge on any atom is 0.191 e. The van der Waals surface area contributed by atoms with E-state index in [1.807, 2.05) is 19.1 Å². The van der Waals surface area contributed by atoms with Crippen LogP contribution in [0, 0.1) is 12.7 Å². The number of rotatable bonds is 7. The highest BCUT2D eigenvalue weighted by Gasteiger charge is 2.21. The van der Waals surface area contributed by atoms with Crippen LogP contribution in [0.3, 0.4) is 0 Å². The van der Waals surface area contributed by atoms with E-state index in [0.29, 0.717) is 18.2 Å². The molecule has 0 bridgehead atoms. The summed E-state index contributed by atoms with van der Waals surface area (Å²) in [6.45, 7) is 7.54. The first kappa shape index (κ1) is 25.3. The number of methoxy groups -OCH3 is 1. The SMILES string of the molecule is CCNC(=NCc1ccc(F)c(COC)c1)NC1CCN(c2cccc(C)n2)CC1.I. The zero-order valence-corrected chi connectivity index (χ0v) is 20.9. The number of aliphatic imine (C=N–C) groups is 1. The molecule has 6 nitrogen and oxygen atoms in total. The minimum absolute atomic E-state index is 0. The number of aryl methyl sites for hydroxylation is 1. The number of benzene rings is 1. The molecule has 0 amide bonds. The van der Waals surface area contributed by atoms with Crippen molar-refractivity contribution >= 4 is 35.8 Å². The standard InChI is InChI=1S/C23H32FN5O.HI/c1-4-25-23(26-15-18-8-9-21(24)19(14-18)16-30-3)28-20-10-12-29(13-11-20)22-7-5-6-17(2)27-22;/h5-9,14,20H,4,10-13,15-16H2,1-3H3,(H2,25,26,28);1H. The lowest BCUT2D eigenvalue weighted by atomic mass is 10.1. The number of pyridine rings is 1. The monoisotopic (exact) mass is 541 g/mol. The molecule has 31 heavy (non-hydrogen) atoms. The molecule has 0 aliphatic carbocycles. The normalized spacial score (nSPS) is 14.8. The van der Waals surface area contributed by atoms with E-state index in [1.165, 1.54) is 6.07 Å². The Kier molecular flexibility index (Phi) is 10.5. The second kappa shape index (κ2) is 12.8. The molecule has 8 heteroatoms. The molecule has 1 aromatic heterocycles. The number of piperidine rings is 1. The Morgan fingerprint density at radius 3 is 2.71 bits per heavy atom. The van der Waals surface area contributed by atoms with Gasteiger partial charge in [-0.2, -0.15) is 0 Å². The van der Waals surface area contributed by atoms with Crippen LogP contribution in [0.2, 0.25) is 0 Å². The molecule has 0 radical (unpaired) electrons. The van der Waals surface area contributed by atoms with Gasteiger partial charge < -0.3 is 20.3 Å². The van der Waals surface area contributed by atoms with Gasteiger partial charge >= 0.3 is 0 Å². The molecule has 0 spiro atoms. The van der Waals surface area contributed by atoms with Gasteiger partial charge in [0.25, 0.3) is 0 Å². The number of nitrogens with zero attached hydrogens (tertiary/aromatic N) is 3. The first-order valence-corrected chi connectivity index (χ1v) is 10.6. The number of anilines is 1. The average molecular weight is 541 g/mol. The highest BCUT2D eigenvalue weighted by molar-refractivity contribution is 14.0. The Morgan fingerprint density at radius 1 is 1.26 bits per heavy atom. The van der Waals surface area contributed by atoms with E-state index >= 15 is 0 Å². The van der Waals surface area contributed by atoms with E-state index in [9.17, 15) is 4.39 Å². The summed E-state index contributed by atoms with van der Waals surface area (Å²) in [6.07, 6.45) is 2.04. The fourth-order valence-corrected chi connectivity index (χ4v) is 3.63. The van der Waals surface area contributed by atoms with Crippen LogP contribution in [0.25, 0.3) is 0 Å². The van der Waals surface area contributed by atoms with Gasteiger partial charge in [-0.05, 0) is 56.5 Å². The van der Waals surface area contributed by atoms with Crippen LogP contribution in [0.5, 0.6) is 0 Å². The van der Waals surface area contributed by atoms with E-state index < -0.39 is 0 Å². The molecule has 0 saturated carbocycles. The van der Waals surface area contributed by atoms with Crippen molar-refractivity contribution in [1.82, 2.24) is 15.6 Å². The van der Waals surface area contributed by atoms with Crippen LogP contribution in [0.1, 0.15) is 36.6 Å². The van der Waals surface area contributed by atoms with Crippen molar-refractivity contribution in [2.24, 2.45) is 4.99 Å². The third-order valence-electron chi connectivity index (χ3n) is 5.21. The smallest absolute Gasteiger partial charge is 0.191 e. The van der Waals surface area contributed by atoms with Gasteiger partial charge in [0.2, 0.25) is 0 Å². The third-order valence-corrected chi connectivity index (χ3v) is 5.21. The minimum atomic E-state index is -0.246. The number of hydrogen-bond acceptors (Lipinski definition) is 4. The molecule has 3 rings (SSSR count).